The van der Waals surface area contributed by atoms with Crippen LogP contribution in [0.1, 0.15) is 65.2 Å². The van der Waals surface area contributed by atoms with Gasteiger partial charge in [0.05, 0.1) is 0 Å². The Balaban J connectivity index is 3.36. The van der Waals surface area contributed by atoms with Crippen LogP contribution in [-0.2, 0) is 9.59 Å². The van der Waals surface area contributed by atoms with Crippen LogP contribution in [0, 0.1) is 5.92 Å². The summed E-state index contributed by atoms with van der Waals surface area (Å²) in [5.74, 6) is 2.41. The molecule has 24 heavy (non-hydrogen) atoms. The molecule has 0 bridgehead atoms. The molecular weight excluding hydrogens is 340 g/mol. The van der Waals surface area contributed by atoms with Crippen LogP contribution in [-0.4, -0.2) is 42.2 Å². The molecule has 4 nitrogen and oxygen atoms in total. The van der Waals surface area contributed by atoms with Crippen LogP contribution >= 0.6 is 24.4 Å². The fraction of sp³-hybridized carbons (Fsp3) is 0.889. The van der Waals surface area contributed by atoms with Crippen LogP contribution in [0.2, 0.25) is 0 Å². The predicted molar refractivity (Wildman–Crippen MR) is 109 cm³/mol. The van der Waals surface area contributed by atoms with Crippen molar-refractivity contribution in [2.75, 3.05) is 31.1 Å². The highest BCUT2D eigenvalue weighted by atomic mass is 32.2. The first-order valence-electron chi connectivity index (χ1n) is 9.34. The van der Waals surface area contributed by atoms with Gasteiger partial charge >= 0.3 is 0 Å². The minimum Gasteiger partial charge on any atom is -0.355 e. The van der Waals surface area contributed by atoms with Gasteiger partial charge in [0.25, 0.3) is 0 Å². The van der Waals surface area contributed by atoms with Gasteiger partial charge in [-0.3, -0.25) is 9.59 Å². The molecule has 142 valence electrons. The van der Waals surface area contributed by atoms with Crippen molar-refractivity contribution in [3.63, 3.8) is 0 Å². The van der Waals surface area contributed by atoms with Crippen molar-refractivity contribution < 1.29 is 9.59 Å². The molecule has 0 aromatic heterocycles. The fourth-order valence-electron chi connectivity index (χ4n) is 2.13. The Bertz CT molecular complexity index is 328. The molecule has 6 heteroatoms. The van der Waals surface area contributed by atoms with Gasteiger partial charge in [0.15, 0.2) is 5.12 Å². The highest BCUT2D eigenvalue weighted by Crippen LogP contribution is 2.09. The minimum atomic E-state index is 0.0838. The highest BCUT2D eigenvalue weighted by Gasteiger charge is 2.04. The Morgan fingerprint density at radius 1 is 1.04 bits per heavy atom. The van der Waals surface area contributed by atoms with Crippen LogP contribution in [0.15, 0.2) is 0 Å². The normalized spacial score (nSPS) is 12.1. The standard InChI is InChI=1S/C18H36N2O2S2/c1-3-16(2)10-12-19-11-7-8-17(21)20-13-15-24-18(22)9-5-4-6-14-23/h16,19,23H,3-15H2,1-2H3,(H,20,21). The second-order valence-corrected chi connectivity index (χ2v) is 7.86. The fourth-order valence-corrected chi connectivity index (χ4v) is 3.07. The largest absolute Gasteiger partial charge is 0.355 e. The van der Waals surface area contributed by atoms with E-state index in [0.717, 1.165) is 50.4 Å². The van der Waals surface area contributed by atoms with Gasteiger partial charge < -0.3 is 10.6 Å². The molecule has 0 spiro atoms. The lowest BCUT2D eigenvalue weighted by atomic mass is 10.1. The Labute approximate surface area is 158 Å². The summed E-state index contributed by atoms with van der Waals surface area (Å²) in [5, 5.41) is 6.50. The van der Waals surface area contributed by atoms with E-state index in [4.69, 9.17) is 0 Å². The zero-order valence-electron chi connectivity index (χ0n) is 15.4. The van der Waals surface area contributed by atoms with Gasteiger partial charge in [-0.05, 0) is 50.4 Å². The molecule has 1 unspecified atom stereocenters. The topological polar surface area (TPSA) is 58.2 Å². The molecule has 0 aliphatic carbocycles. The molecule has 0 saturated carbocycles. The summed E-state index contributed by atoms with van der Waals surface area (Å²) < 4.78 is 0. The van der Waals surface area contributed by atoms with Crippen LogP contribution < -0.4 is 10.6 Å². The maximum absolute atomic E-state index is 11.7. The molecule has 0 aromatic rings. The van der Waals surface area contributed by atoms with Crippen LogP contribution in [0.25, 0.3) is 0 Å². The second-order valence-electron chi connectivity index (χ2n) is 6.26. The van der Waals surface area contributed by atoms with E-state index in [1.807, 2.05) is 0 Å². The molecular formula is C18H36N2O2S2. The second kappa shape index (κ2) is 17.6. The molecule has 0 rings (SSSR count). The van der Waals surface area contributed by atoms with Gasteiger partial charge in [-0.25, -0.2) is 0 Å². The monoisotopic (exact) mass is 376 g/mol. The molecule has 0 aliphatic rings. The first-order valence-corrected chi connectivity index (χ1v) is 11.0. The Morgan fingerprint density at radius 2 is 1.83 bits per heavy atom. The Morgan fingerprint density at radius 3 is 2.54 bits per heavy atom. The summed E-state index contributed by atoms with van der Waals surface area (Å²) in [5.41, 5.74) is 0. The van der Waals surface area contributed by atoms with Crippen molar-refractivity contribution in [3.05, 3.63) is 0 Å². The maximum Gasteiger partial charge on any atom is 0.220 e. The first-order chi connectivity index (χ1) is 11.6. The van der Waals surface area contributed by atoms with E-state index in [1.165, 1.54) is 24.6 Å². The van der Waals surface area contributed by atoms with Crippen LogP contribution in [0.5, 0.6) is 0 Å². The molecule has 0 aliphatic heterocycles. The third-order valence-corrected chi connectivity index (χ3v) is 5.25. The number of thiol groups is 1. The lowest BCUT2D eigenvalue weighted by Gasteiger charge is -2.09. The Kier molecular flexibility index (Phi) is 17.5. The summed E-state index contributed by atoms with van der Waals surface area (Å²) in [6.07, 6.45) is 7.56. The number of hydrogen-bond donors (Lipinski definition) is 3. The average Bonchev–Trinajstić information content (AvgIpc) is 2.58. The molecule has 1 amide bonds. The summed E-state index contributed by atoms with van der Waals surface area (Å²) in [6.45, 7) is 6.98. The van der Waals surface area contributed by atoms with Crippen molar-refractivity contribution in [2.24, 2.45) is 5.92 Å². The van der Waals surface area contributed by atoms with Crippen LogP contribution in [0.4, 0.5) is 0 Å². The summed E-state index contributed by atoms with van der Waals surface area (Å²) >= 11 is 5.48. The first kappa shape index (κ1) is 23.8. The van der Waals surface area contributed by atoms with Gasteiger partial charge in [0.1, 0.15) is 0 Å². The lowest BCUT2D eigenvalue weighted by molar-refractivity contribution is -0.121. The van der Waals surface area contributed by atoms with E-state index in [-0.39, 0.29) is 11.0 Å². The van der Waals surface area contributed by atoms with Crippen LogP contribution in [0.3, 0.4) is 0 Å². The minimum absolute atomic E-state index is 0.0838. The zero-order chi connectivity index (χ0) is 18.0. The molecule has 0 radical (unpaired) electrons. The van der Waals surface area contributed by atoms with Crippen molar-refractivity contribution in [2.45, 2.75) is 65.2 Å². The van der Waals surface area contributed by atoms with Gasteiger partial charge in [0, 0.05) is 25.1 Å². The maximum atomic E-state index is 11.7. The molecule has 2 N–H and O–H groups in total. The third kappa shape index (κ3) is 16.7. The van der Waals surface area contributed by atoms with Gasteiger partial charge in [-0.15, -0.1) is 0 Å². The smallest absolute Gasteiger partial charge is 0.220 e. The number of amides is 1. The SMILES string of the molecule is CCC(C)CCNCCCC(=O)NCCSC(=O)CCCCCS. The van der Waals surface area contributed by atoms with E-state index in [1.54, 1.807) is 0 Å². The van der Waals surface area contributed by atoms with E-state index < -0.39 is 0 Å². The number of rotatable bonds is 16. The van der Waals surface area contributed by atoms with E-state index in [9.17, 15) is 9.59 Å². The molecule has 0 fully saturated rings. The summed E-state index contributed by atoms with van der Waals surface area (Å²) in [4.78, 5) is 23.3. The lowest BCUT2D eigenvalue weighted by Crippen LogP contribution is -2.27. The van der Waals surface area contributed by atoms with E-state index in [0.29, 0.717) is 25.1 Å². The number of carbonyl (C=O) groups is 2. The molecule has 0 saturated heterocycles. The summed E-state index contributed by atoms with van der Waals surface area (Å²) in [6, 6.07) is 0. The van der Waals surface area contributed by atoms with Gasteiger partial charge in [0.2, 0.25) is 5.91 Å². The quantitative estimate of drug-likeness (QED) is 0.284. The van der Waals surface area contributed by atoms with Gasteiger partial charge in [-0.1, -0.05) is 38.5 Å². The van der Waals surface area contributed by atoms with Crippen molar-refractivity contribution in [3.8, 4) is 0 Å². The Hall–Kier alpha value is -0.200. The summed E-state index contributed by atoms with van der Waals surface area (Å²) in [7, 11) is 0. The number of carbonyl (C=O) groups excluding carboxylic acids is 2. The van der Waals surface area contributed by atoms with Crippen molar-refractivity contribution >= 4 is 35.4 Å². The number of hydrogen-bond acceptors (Lipinski definition) is 5. The number of unbranched alkanes of at least 4 members (excludes halogenated alkanes) is 2. The van der Waals surface area contributed by atoms with E-state index in [2.05, 4.69) is 37.1 Å². The molecule has 0 heterocycles. The molecule has 0 aromatic carbocycles. The van der Waals surface area contributed by atoms with E-state index >= 15 is 0 Å². The zero-order valence-corrected chi connectivity index (χ0v) is 17.2. The van der Waals surface area contributed by atoms with Gasteiger partial charge in [-0.2, -0.15) is 12.6 Å². The average molecular weight is 377 g/mol. The third-order valence-electron chi connectivity index (χ3n) is 3.99. The van der Waals surface area contributed by atoms with Crippen molar-refractivity contribution in [1.29, 1.82) is 0 Å². The molecule has 1 atom stereocenters. The van der Waals surface area contributed by atoms with Crippen molar-refractivity contribution in [1.82, 2.24) is 10.6 Å². The predicted octanol–water partition coefficient (Wildman–Crippen LogP) is 3.66. The number of nitrogens with one attached hydrogen (secondary N) is 2. The number of thioether (sulfide) groups is 1. The highest BCUT2D eigenvalue weighted by molar-refractivity contribution is 8.13.